The molecule has 0 aromatic carbocycles. The normalized spacial score (nSPS) is 14.4. The quantitative estimate of drug-likeness (QED) is 0.340. The van der Waals surface area contributed by atoms with Gasteiger partial charge in [0.15, 0.2) is 12.6 Å². The highest BCUT2D eigenvalue weighted by Crippen LogP contribution is 2.02. The number of rotatable bonds is 15. The third-order valence-electron chi connectivity index (χ3n) is 2.52. The van der Waals surface area contributed by atoms with E-state index in [0.717, 1.165) is 37.6 Å². The van der Waals surface area contributed by atoms with E-state index in [1.807, 2.05) is 13.8 Å². The van der Waals surface area contributed by atoms with Gasteiger partial charge in [-0.2, -0.15) is 23.5 Å². The Labute approximate surface area is 132 Å². The minimum atomic E-state index is -0.114. The van der Waals surface area contributed by atoms with Gasteiger partial charge in [0.1, 0.15) is 0 Å². The maximum absolute atomic E-state index is 5.55. The number of thioether (sulfide) groups is 2. The van der Waals surface area contributed by atoms with Crippen LogP contribution in [-0.2, 0) is 18.9 Å². The zero-order valence-electron chi connectivity index (χ0n) is 13.3. The lowest BCUT2D eigenvalue weighted by Gasteiger charge is -2.15. The minimum absolute atomic E-state index is 0.114. The second kappa shape index (κ2) is 15.9. The first-order chi connectivity index (χ1) is 9.70. The molecule has 0 amide bonds. The van der Waals surface area contributed by atoms with Gasteiger partial charge in [0.05, 0.1) is 13.2 Å². The van der Waals surface area contributed by atoms with Gasteiger partial charge in [0, 0.05) is 24.7 Å². The fourth-order valence-corrected chi connectivity index (χ4v) is 1.92. The van der Waals surface area contributed by atoms with E-state index in [4.69, 9.17) is 18.9 Å². The van der Waals surface area contributed by atoms with E-state index in [1.165, 1.54) is 0 Å². The molecule has 0 aromatic heterocycles. The highest BCUT2D eigenvalue weighted by atomic mass is 32.2. The SMILES string of the molecule is CSCCOC(C)OCCCCOC(C)OCCSC. The van der Waals surface area contributed by atoms with Crippen molar-refractivity contribution in [2.45, 2.75) is 39.3 Å². The Morgan fingerprint density at radius 2 is 1.00 bits per heavy atom. The summed E-state index contributed by atoms with van der Waals surface area (Å²) in [5, 5.41) is 0. The summed E-state index contributed by atoms with van der Waals surface area (Å²) in [6.45, 7) is 6.81. The average molecular weight is 327 g/mol. The Bertz CT molecular complexity index is 176. The van der Waals surface area contributed by atoms with Crippen LogP contribution in [0.1, 0.15) is 26.7 Å². The van der Waals surface area contributed by atoms with Crippen molar-refractivity contribution >= 4 is 23.5 Å². The van der Waals surface area contributed by atoms with Crippen molar-refractivity contribution < 1.29 is 18.9 Å². The van der Waals surface area contributed by atoms with E-state index >= 15 is 0 Å². The summed E-state index contributed by atoms with van der Waals surface area (Å²) in [6.07, 6.45) is 5.87. The third kappa shape index (κ3) is 14.9. The molecular formula is C14H30O4S2. The lowest BCUT2D eigenvalue weighted by molar-refractivity contribution is -0.136. The van der Waals surface area contributed by atoms with E-state index in [-0.39, 0.29) is 12.6 Å². The molecule has 0 aliphatic rings. The van der Waals surface area contributed by atoms with Crippen LogP contribution < -0.4 is 0 Å². The molecule has 0 bridgehead atoms. The Morgan fingerprint density at radius 1 is 0.650 bits per heavy atom. The molecule has 0 fully saturated rings. The molecule has 0 spiro atoms. The zero-order valence-corrected chi connectivity index (χ0v) is 14.9. The number of ether oxygens (including phenoxy) is 4. The lowest BCUT2D eigenvalue weighted by atomic mass is 10.3. The van der Waals surface area contributed by atoms with Crippen LogP contribution in [-0.4, -0.2) is 63.0 Å². The monoisotopic (exact) mass is 326 g/mol. The van der Waals surface area contributed by atoms with Gasteiger partial charge in [-0.25, -0.2) is 0 Å². The Kier molecular flexibility index (Phi) is 16.3. The minimum Gasteiger partial charge on any atom is -0.353 e. The molecule has 0 aliphatic carbocycles. The van der Waals surface area contributed by atoms with Crippen LogP contribution in [0.25, 0.3) is 0 Å². The largest absolute Gasteiger partial charge is 0.353 e. The molecule has 2 atom stereocenters. The molecule has 2 unspecified atom stereocenters. The molecule has 0 saturated carbocycles. The fourth-order valence-electron chi connectivity index (χ4n) is 1.39. The lowest BCUT2D eigenvalue weighted by Crippen LogP contribution is -2.17. The van der Waals surface area contributed by atoms with Gasteiger partial charge in [-0.3, -0.25) is 0 Å². The molecule has 6 heteroatoms. The predicted octanol–water partition coefficient (Wildman–Crippen LogP) is 3.25. The molecule has 122 valence electrons. The number of hydrogen-bond acceptors (Lipinski definition) is 6. The third-order valence-corrected chi connectivity index (χ3v) is 3.67. The first-order valence-corrected chi connectivity index (χ1v) is 9.93. The van der Waals surface area contributed by atoms with Crippen LogP contribution in [0.3, 0.4) is 0 Å². The van der Waals surface area contributed by atoms with Crippen LogP contribution in [0, 0.1) is 0 Å². The van der Waals surface area contributed by atoms with Gasteiger partial charge in [-0.15, -0.1) is 0 Å². The Morgan fingerprint density at radius 3 is 1.35 bits per heavy atom. The van der Waals surface area contributed by atoms with Crippen LogP contribution >= 0.6 is 23.5 Å². The van der Waals surface area contributed by atoms with Crippen molar-refractivity contribution in [3.8, 4) is 0 Å². The molecule has 0 N–H and O–H groups in total. The van der Waals surface area contributed by atoms with Crippen LogP contribution in [0.4, 0.5) is 0 Å². The highest BCUT2D eigenvalue weighted by Gasteiger charge is 2.03. The van der Waals surface area contributed by atoms with E-state index in [9.17, 15) is 0 Å². The van der Waals surface area contributed by atoms with Gasteiger partial charge < -0.3 is 18.9 Å². The summed E-state index contributed by atoms with van der Waals surface area (Å²) in [6, 6.07) is 0. The summed E-state index contributed by atoms with van der Waals surface area (Å²) in [4.78, 5) is 0. The van der Waals surface area contributed by atoms with Crippen LogP contribution in [0.15, 0.2) is 0 Å². The second-order valence-electron chi connectivity index (χ2n) is 4.31. The van der Waals surface area contributed by atoms with Gasteiger partial charge in [-0.05, 0) is 39.2 Å². The van der Waals surface area contributed by atoms with Crippen LogP contribution in [0.5, 0.6) is 0 Å². The maximum Gasteiger partial charge on any atom is 0.154 e. The second-order valence-corrected chi connectivity index (χ2v) is 6.28. The van der Waals surface area contributed by atoms with Gasteiger partial charge in [0.25, 0.3) is 0 Å². The Balaban J connectivity index is 3.22. The van der Waals surface area contributed by atoms with Crippen molar-refractivity contribution in [2.75, 3.05) is 50.4 Å². The molecule has 0 aromatic rings. The summed E-state index contributed by atoms with van der Waals surface area (Å²) in [7, 11) is 0. The first-order valence-electron chi connectivity index (χ1n) is 7.15. The summed E-state index contributed by atoms with van der Waals surface area (Å²) in [5.41, 5.74) is 0. The van der Waals surface area contributed by atoms with Crippen molar-refractivity contribution in [3.05, 3.63) is 0 Å². The molecule has 0 heterocycles. The van der Waals surface area contributed by atoms with Crippen molar-refractivity contribution in [3.63, 3.8) is 0 Å². The van der Waals surface area contributed by atoms with Gasteiger partial charge in [-0.1, -0.05) is 0 Å². The van der Waals surface area contributed by atoms with E-state index in [1.54, 1.807) is 23.5 Å². The molecule has 0 radical (unpaired) electrons. The number of unbranched alkanes of at least 4 members (excludes halogenated alkanes) is 1. The van der Waals surface area contributed by atoms with E-state index in [2.05, 4.69) is 12.5 Å². The molecule has 0 rings (SSSR count). The Hall–Kier alpha value is 0.540. The number of hydrogen-bond donors (Lipinski definition) is 0. The molecule has 0 aliphatic heterocycles. The van der Waals surface area contributed by atoms with Gasteiger partial charge >= 0.3 is 0 Å². The van der Waals surface area contributed by atoms with E-state index < -0.39 is 0 Å². The van der Waals surface area contributed by atoms with E-state index in [0.29, 0.717) is 13.2 Å². The predicted molar refractivity (Wildman–Crippen MR) is 88.7 cm³/mol. The average Bonchev–Trinajstić information content (AvgIpc) is 2.43. The van der Waals surface area contributed by atoms with Crippen LogP contribution in [0.2, 0.25) is 0 Å². The summed E-state index contributed by atoms with van der Waals surface area (Å²) in [5.74, 6) is 2.02. The zero-order chi connectivity index (χ0) is 15.1. The first kappa shape index (κ1) is 20.5. The summed E-state index contributed by atoms with van der Waals surface area (Å²) < 4.78 is 22.1. The van der Waals surface area contributed by atoms with Gasteiger partial charge in [0.2, 0.25) is 0 Å². The smallest absolute Gasteiger partial charge is 0.154 e. The molecule has 0 saturated heterocycles. The fraction of sp³-hybridized carbons (Fsp3) is 1.00. The summed E-state index contributed by atoms with van der Waals surface area (Å²) >= 11 is 3.56. The molecule has 20 heavy (non-hydrogen) atoms. The molecular weight excluding hydrogens is 296 g/mol. The highest BCUT2D eigenvalue weighted by molar-refractivity contribution is 7.98. The maximum atomic E-state index is 5.55. The van der Waals surface area contributed by atoms with Crippen molar-refractivity contribution in [2.24, 2.45) is 0 Å². The standard InChI is InChI=1S/C14H30O4S2/c1-13(17-9-11-19-3)15-7-5-6-8-16-14(2)18-10-12-20-4/h13-14H,5-12H2,1-4H3. The van der Waals surface area contributed by atoms with Crippen molar-refractivity contribution in [1.82, 2.24) is 0 Å². The topological polar surface area (TPSA) is 36.9 Å². The van der Waals surface area contributed by atoms with Crippen molar-refractivity contribution in [1.29, 1.82) is 0 Å². The molecule has 4 nitrogen and oxygen atoms in total.